The average molecular weight is 412 g/mol. The minimum Gasteiger partial charge on any atom is -0.461 e. The third-order valence-electron chi connectivity index (χ3n) is 5.01. The lowest BCUT2D eigenvalue weighted by molar-refractivity contribution is 0.0513. The van der Waals surface area contributed by atoms with Crippen LogP contribution in [0, 0.1) is 0 Å². The Balaban J connectivity index is 1.86. The van der Waals surface area contributed by atoms with Crippen molar-refractivity contribution in [3.8, 4) is 0 Å². The molecule has 0 spiro atoms. The number of ether oxygens (including phenoxy) is 1. The number of amides is 1. The molecule has 160 valence electrons. The van der Waals surface area contributed by atoms with Crippen molar-refractivity contribution in [3.63, 3.8) is 0 Å². The summed E-state index contributed by atoms with van der Waals surface area (Å²) < 4.78 is 8.35. The van der Waals surface area contributed by atoms with Gasteiger partial charge in [0, 0.05) is 26.2 Å². The Bertz CT molecular complexity index is 1030. The zero-order valence-corrected chi connectivity index (χ0v) is 17.9. The van der Waals surface area contributed by atoms with Crippen molar-refractivity contribution in [3.05, 3.63) is 41.7 Å². The third-order valence-corrected chi connectivity index (χ3v) is 5.01. The highest BCUT2D eigenvalue weighted by Crippen LogP contribution is 2.20. The molecule has 1 N–H and O–H groups in total. The largest absolute Gasteiger partial charge is 0.461 e. The standard InChI is InChI=1S/C21H28N6O3/c1-5-26(6-2)12-13-27-17-11-9-8-10-15(17)22-21(27)23-19(28)16-14-18(25(4)24-16)20(29)30-7-3/h8-11,14H,5-7,12-13H2,1-4H3,(H,22,23,28). The van der Waals surface area contributed by atoms with E-state index in [1.165, 1.54) is 10.7 Å². The second-order valence-electron chi connectivity index (χ2n) is 6.82. The fourth-order valence-electron chi connectivity index (χ4n) is 3.32. The zero-order chi connectivity index (χ0) is 21.7. The number of hydrogen-bond acceptors (Lipinski definition) is 6. The maximum Gasteiger partial charge on any atom is 0.356 e. The Labute approximate surface area is 175 Å². The van der Waals surface area contributed by atoms with Gasteiger partial charge in [-0.3, -0.25) is 14.8 Å². The lowest BCUT2D eigenvalue weighted by atomic mass is 10.3. The van der Waals surface area contributed by atoms with Gasteiger partial charge in [0.15, 0.2) is 5.69 Å². The molecule has 0 saturated carbocycles. The van der Waals surface area contributed by atoms with Crippen LogP contribution in [0.25, 0.3) is 11.0 Å². The highest BCUT2D eigenvalue weighted by molar-refractivity contribution is 6.04. The van der Waals surface area contributed by atoms with E-state index in [0.29, 0.717) is 12.5 Å². The first-order chi connectivity index (χ1) is 14.5. The third kappa shape index (κ3) is 4.51. The van der Waals surface area contributed by atoms with E-state index in [9.17, 15) is 9.59 Å². The van der Waals surface area contributed by atoms with Crippen molar-refractivity contribution < 1.29 is 14.3 Å². The summed E-state index contributed by atoms with van der Waals surface area (Å²) in [6.07, 6.45) is 0. The molecule has 0 fully saturated rings. The summed E-state index contributed by atoms with van der Waals surface area (Å²) in [4.78, 5) is 31.7. The van der Waals surface area contributed by atoms with Gasteiger partial charge in [-0.05, 0) is 32.1 Å². The number of benzene rings is 1. The molecule has 0 aliphatic carbocycles. The zero-order valence-electron chi connectivity index (χ0n) is 17.9. The number of aryl methyl sites for hydroxylation is 1. The Hall–Kier alpha value is -3.20. The molecule has 30 heavy (non-hydrogen) atoms. The van der Waals surface area contributed by atoms with Crippen LogP contribution in [0.5, 0.6) is 0 Å². The molecule has 0 aliphatic rings. The van der Waals surface area contributed by atoms with Crippen LogP contribution in [0.2, 0.25) is 0 Å². The van der Waals surface area contributed by atoms with Crippen LogP contribution in [0.3, 0.4) is 0 Å². The number of fused-ring (bicyclic) bond motifs is 1. The quantitative estimate of drug-likeness (QED) is 0.543. The van der Waals surface area contributed by atoms with Gasteiger partial charge in [0.05, 0.1) is 17.6 Å². The van der Waals surface area contributed by atoms with E-state index in [1.54, 1.807) is 14.0 Å². The van der Waals surface area contributed by atoms with E-state index < -0.39 is 11.9 Å². The van der Waals surface area contributed by atoms with Crippen LogP contribution in [-0.4, -0.2) is 62.3 Å². The molecule has 0 saturated heterocycles. The van der Waals surface area contributed by atoms with Gasteiger partial charge in [0.25, 0.3) is 5.91 Å². The molecule has 0 atom stereocenters. The van der Waals surface area contributed by atoms with Crippen LogP contribution in [0.1, 0.15) is 41.7 Å². The first-order valence-corrected chi connectivity index (χ1v) is 10.2. The minimum absolute atomic E-state index is 0.128. The average Bonchev–Trinajstić information content (AvgIpc) is 3.29. The molecule has 2 heterocycles. The number of nitrogens with one attached hydrogen (secondary N) is 1. The number of likely N-dealkylation sites (N-methyl/N-ethyl adjacent to an activating group) is 1. The topological polar surface area (TPSA) is 94.3 Å². The molecule has 0 aliphatic heterocycles. The van der Waals surface area contributed by atoms with Crippen LogP contribution in [0.4, 0.5) is 5.95 Å². The van der Waals surface area contributed by atoms with Crippen LogP contribution >= 0.6 is 0 Å². The summed E-state index contributed by atoms with van der Waals surface area (Å²) in [5.41, 5.74) is 2.11. The monoisotopic (exact) mass is 412 g/mol. The van der Waals surface area contributed by atoms with Crippen LogP contribution in [-0.2, 0) is 18.3 Å². The van der Waals surface area contributed by atoms with Gasteiger partial charge in [-0.15, -0.1) is 0 Å². The highest BCUT2D eigenvalue weighted by atomic mass is 16.5. The molecule has 0 unspecified atom stereocenters. The normalized spacial score (nSPS) is 11.2. The SMILES string of the molecule is CCOC(=O)c1cc(C(=O)Nc2nc3ccccc3n2CCN(CC)CC)nn1C. The van der Waals surface area contributed by atoms with Crippen molar-refractivity contribution in [2.24, 2.45) is 7.05 Å². The molecule has 9 heteroatoms. The second kappa shape index (κ2) is 9.53. The van der Waals surface area contributed by atoms with E-state index >= 15 is 0 Å². The number of esters is 1. The van der Waals surface area contributed by atoms with E-state index in [2.05, 4.69) is 34.1 Å². The summed E-state index contributed by atoms with van der Waals surface area (Å²) in [5, 5.41) is 7.01. The van der Waals surface area contributed by atoms with Gasteiger partial charge in [-0.1, -0.05) is 26.0 Å². The van der Waals surface area contributed by atoms with Crippen LogP contribution < -0.4 is 5.32 Å². The van der Waals surface area contributed by atoms with Crippen LogP contribution in [0.15, 0.2) is 30.3 Å². The van der Waals surface area contributed by atoms with Gasteiger partial charge in [0.2, 0.25) is 5.95 Å². The number of nitrogens with zero attached hydrogens (tertiary/aromatic N) is 5. The van der Waals surface area contributed by atoms with E-state index in [1.807, 2.05) is 28.8 Å². The number of anilines is 1. The van der Waals surface area contributed by atoms with E-state index in [0.717, 1.165) is 30.7 Å². The first-order valence-electron chi connectivity index (χ1n) is 10.2. The predicted octanol–water partition coefficient (Wildman–Crippen LogP) is 2.54. The van der Waals surface area contributed by atoms with E-state index in [4.69, 9.17) is 4.74 Å². The number of hydrogen-bond donors (Lipinski definition) is 1. The Morgan fingerprint density at radius 2 is 1.90 bits per heavy atom. The molecule has 0 bridgehead atoms. The summed E-state index contributed by atoms with van der Waals surface area (Å²) >= 11 is 0. The predicted molar refractivity (Wildman–Crippen MR) is 115 cm³/mol. The smallest absolute Gasteiger partial charge is 0.356 e. The molecular weight excluding hydrogens is 384 g/mol. The fourth-order valence-corrected chi connectivity index (χ4v) is 3.32. The van der Waals surface area contributed by atoms with Crippen molar-refractivity contribution in [2.75, 3.05) is 31.6 Å². The van der Waals surface area contributed by atoms with Gasteiger partial charge in [-0.2, -0.15) is 5.10 Å². The maximum atomic E-state index is 12.8. The Morgan fingerprint density at radius 3 is 2.60 bits per heavy atom. The van der Waals surface area contributed by atoms with Crippen molar-refractivity contribution >= 4 is 28.9 Å². The van der Waals surface area contributed by atoms with Gasteiger partial charge < -0.3 is 14.2 Å². The number of imidazole rings is 1. The summed E-state index contributed by atoms with van der Waals surface area (Å²) in [5.74, 6) is -0.491. The fraction of sp³-hybridized carbons (Fsp3) is 0.429. The van der Waals surface area contributed by atoms with Crippen molar-refractivity contribution in [1.29, 1.82) is 0 Å². The molecule has 0 radical (unpaired) electrons. The lowest BCUT2D eigenvalue weighted by Crippen LogP contribution is -2.27. The van der Waals surface area contributed by atoms with Gasteiger partial charge in [-0.25, -0.2) is 9.78 Å². The molecule has 9 nitrogen and oxygen atoms in total. The molecule has 3 aromatic rings. The highest BCUT2D eigenvalue weighted by Gasteiger charge is 2.20. The molecule has 3 rings (SSSR count). The molecule has 1 aromatic carbocycles. The number of aromatic nitrogens is 4. The summed E-state index contributed by atoms with van der Waals surface area (Å²) in [7, 11) is 1.60. The number of carbonyl (C=O) groups is 2. The van der Waals surface area contributed by atoms with Gasteiger partial charge >= 0.3 is 5.97 Å². The molecular formula is C21H28N6O3. The van der Waals surface area contributed by atoms with Crippen molar-refractivity contribution in [2.45, 2.75) is 27.3 Å². The summed E-state index contributed by atoms with van der Waals surface area (Å²) in [6.45, 7) is 9.67. The second-order valence-corrected chi connectivity index (χ2v) is 6.82. The number of carbonyl (C=O) groups excluding carboxylic acids is 2. The minimum atomic E-state index is -0.516. The molecule has 1 amide bonds. The first kappa shape index (κ1) is 21.5. The van der Waals surface area contributed by atoms with Crippen molar-refractivity contribution in [1.82, 2.24) is 24.2 Å². The summed E-state index contributed by atoms with van der Waals surface area (Å²) in [6, 6.07) is 9.20. The number of para-hydroxylation sites is 2. The maximum absolute atomic E-state index is 12.8. The van der Waals surface area contributed by atoms with Gasteiger partial charge in [0.1, 0.15) is 5.69 Å². The lowest BCUT2D eigenvalue weighted by Gasteiger charge is -2.19. The molecule has 2 aromatic heterocycles. The number of rotatable bonds is 9. The Morgan fingerprint density at radius 1 is 1.17 bits per heavy atom. The Kier molecular flexibility index (Phi) is 6.83. The van der Waals surface area contributed by atoms with E-state index in [-0.39, 0.29) is 18.0 Å².